The molecule has 0 N–H and O–H groups in total. The van der Waals surface area contributed by atoms with Crippen LogP contribution in [-0.4, -0.2) is 9.45 Å². The minimum atomic E-state index is -0.941. The summed E-state index contributed by atoms with van der Waals surface area (Å²) in [6, 6.07) is 0. The summed E-state index contributed by atoms with van der Waals surface area (Å²) < 4.78 is 0.0139. The molecular formula is CHN3O2S. The maximum atomic E-state index is 9.36. The van der Waals surface area contributed by atoms with Crippen LogP contribution >= 0.6 is 12.8 Å². The lowest BCUT2D eigenvalue weighted by molar-refractivity contribution is -0.597. The highest BCUT2D eigenvalue weighted by Crippen LogP contribution is 1.85. The quantitative estimate of drug-likeness (QED) is 0.171. The van der Waals surface area contributed by atoms with E-state index in [1.807, 2.05) is 0 Å². The van der Waals surface area contributed by atoms with Crippen molar-refractivity contribution in [3.05, 3.63) is 10.1 Å². The van der Waals surface area contributed by atoms with E-state index in [0.29, 0.717) is 0 Å². The second-order valence-corrected chi connectivity index (χ2v) is 1.01. The highest BCUT2D eigenvalue weighted by Gasteiger charge is 2.02. The molecule has 0 unspecified atom stereocenters. The van der Waals surface area contributed by atoms with Crippen LogP contribution in [0.5, 0.6) is 0 Å². The predicted octanol–water partition coefficient (Wildman–Crippen LogP) is -0.194. The van der Waals surface area contributed by atoms with Gasteiger partial charge in [-0.2, -0.15) is 5.26 Å². The first-order valence-electron chi connectivity index (χ1n) is 1.21. The lowest BCUT2D eigenvalue weighted by atomic mass is 11.4. The van der Waals surface area contributed by atoms with E-state index < -0.39 is 5.03 Å². The van der Waals surface area contributed by atoms with E-state index in [9.17, 15) is 10.1 Å². The van der Waals surface area contributed by atoms with Crippen molar-refractivity contribution in [2.45, 2.75) is 0 Å². The number of nitro groups is 1. The fourth-order valence-electron chi connectivity index (χ4n) is 0.0365. The van der Waals surface area contributed by atoms with Crippen LogP contribution in [0.3, 0.4) is 0 Å². The number of hydrazine groups is 1. The molecule has 0 aliphatic heterocycles. The highest BCUT2D eigenvalue weighted by molar-refractivity contribution is 7.77. The van der Waals surface area contributed by atoms with Gasteiger partial charge in [-0.1, -0.05) is 0 Å². The SMILES string of the molecule is N#CN(S)[N+](=O)[O-]. The van der Waals surface area contributed by atoms with Gasteiger partial charge in [0, 0.05) is 17.2 Å². The van der Waals surface area contributed by atoms with Gasteiger partial charge in [-0.15, -0.1) is 0 Å². The van der Waals surface area contributed by atoms with Crippen LogP contribution < -0.4 is 0 Å². The van der Waals surface area contributed by atoms with Crippen molar-refractivity contribution in [3.8, 4) is 6.19 Å². The molecule has 38 valence electrons. The van der Waals surface area contributed by atoms with Gasteiger partial charge < -0.3 is 0 Å². The van der Waals surface area contributed by atoms with Crippen LogP contribution in [0.25, 0.3) is 0 Å². The molecule has 0 rings (SSSR count). The number of nitrogens with zero attached hydrogens (tertiary/aromatic N) is 3. The molecule has 6 heteroatoms. The summed E-state index contributed by atoms with van der Waals surface area (Å²) in [5, 5.41) is 16.1. The molecule has 0 aliphatic carbocycles. The molecule has 0 fully saturated rings. The van der Waals surface area contributed by atoms with Crippen molar-refractivity contribution >= 4 is 12.8 Å². The smallest absolute Gasteiger partial charge is 0.233 e. The topological polar surface area (TPSA) is 70.2 Å². The fourth-order valence-corrected chi connectivity index (χ4v) is 0.0365. The van der Waals surface area contributed by atoms with Gasteiger partial charge in [0.1, 0.15) is 0 Å². The maximum Gasteiger partial charge on any atom is 0.258 e. The third-order valence-corrected chi connectivity index (χ3v) is 0.480. The number of thiol groups is 1. The van der Waals surface area contributed by atoms with Gasteiger partial charge in [-0.05, 0) is 0 Å². The van der Waals surface area contributed by atoms with Gasteiger partial charge in [-0.3, -0.25) is 0 Å². The number of hydrogen-bond donors (Lipinski definition) is 1. The van der Waals surface area contributed by atoms with E-state index in [0.717, 1.165) is 6.19 Å². The summed E-state index contributed by atoms with van der Waals surface area (Å²) >= 11 is 3.10. The van der Waals surface area contributed by atoms with Gasteiger partial charge in [0.15, 0.2) is 5.03 Å². The van der Waals surface area contributed by atoms with Gasteiger partial charge in [-0.25, -0.2) is 10.1 Å². The molecule has 0 saturated heterocycles. The zero-order valence-electron chi connectivity index (χ0n) is 3.11. The Morgan fingerprint density at radius 3 is 2.43 bits per heavy atom. The van der Waals surface area contributed by atoms with Crippen LogP contribution in [0.15, 0.2) is 0 Å². The lowest BCUT2D eigenvalue weighted by Gasteiger charge is -1.88. The Bertz CT molecular complexity index is 117. The first kappa shape index (κ1) is 6.04. The highest BCUT2D eigenvalue weighted by atomic mass is 32.1. The molecule has 0 aliphatic rings. The van der Waals surface area contributed by atoms with Gasteiger partial charge in [0.05, 0.1) is 0 Å². The normalized spacial score (nSPS) is 6.86. The summed E-state index contributed by atoms with van der Waals surface area (Å²) in [5.41, 5.74) is 0. The van der Waals surface area contributed by atoms with Crippen molar-refractivity contribution in [1.29, 1.82) is 5.26 Å². The van der Waals surface area contributed by atoms with Crippen LogP contribution in [0.1, 0.15) is 0 Å². The fraction of sp³-hybridized carbons (Fsp3) is 0. The Morgan fingerprint density at radius 2 is 2.43 bits per heavy atom. The van der Waals surface area contributed by atoms with E-state index in [-0.39, 0.29) is 4.41 Å². The molecule has 0 heterocycles. The molecule has 5 nitrogen and oxygen atoms in total. The molecule has 0 radical (unpaired) electrons. The van der Waals surface area contributed by atoms with Gasteiger partial charge in [0.25, 0.3) is 6.19 Å². The zero-order valence-corrected chi connectivity index (χ0v) is 4.00. The largest absolute Gasteiger partial charge is 0.258 e. The van der Waals surface area contributed by atoms with Crippen molar-refractivity contribution in [2.75, 3.05) is 0 Å². The van der Waals surface area contributed by atoms with Crippen molar-refractivity contribution in [1.82, 2.24) is 4.41 Å². The molecule has 0 aromatic rings. The summed E-state index contributed by atoms with van der Waals surface area (Å²) in [5.74, 6) is 0. The Balaban J connectivity index is 3.63. The van der Waals surface area contributed by atoms with E-state index in [1.165, 1.54) is 0 Å². The average Bonchev–Trinajstić information content (AvgIpc) is 1.65. The number of rotatable bonds is 1. The van der Waals surface area contributed by atoms with Crippen LogP contribution in [-0.2, 0) is 0 Å². The van der Waals surface area contributed by atoms with Crippen molar-refractivity contribution < 1.29 is 5.03 Å². The molecule has 0 saturated carbocycles. The summed E-state index contributed by atoms with van der Waals surface area (Å²) in [6.07, 6.45) is 1.16. The molecule has 0 bridgehead atoms. The Morgan fingerprint density at radius 1 is 2.00 bits per heavy atom. The molecular weight excluding hydrogens is 118 g/mol. The minimum Gasteiger partial charge on any atom is -0.233 e. The third-order valence-electron chi connectivity index (χ3n) is 0.244. The van der Waals surface area contributed by atoms with E-state index >= 15 is 0 Å². The Labute approximate surface area is 44.8 Å². The standard InChI is InChI=1S/CHN3O2S/c2-1-3(7)4(5)6/h7H. The van der Waals surface area contributed by atoms with Crippen molar-refractivity contribution in [3.63, 3.8) is 0 Å². The Kier molecular flexibility index (Phi) is 1.95. The first-order chi connectivity index (χ1) is 3.18. The summed E-state index contributed by atoms with van der Waals surface area (Å²) in [4.78, 5) is 9.36. The number of nitriles is 1. The first-order valence-corrected chi connectivity index (χ1v) is 1.61. The second-order valence-electron chi connectivity index (χ2n) is 0.627. The van der Waals surface area contributed by atoms with E-state index in [1.54, 1.807) is 0 Å². The van der Waals surface area contributed by atoms with Crippen LogP contribution in [0, 0.1) is 21.6 Å². The molecule has 0 amide bonds. The Hall–Kier alpha value is -0.960. The monoisotopic (exact) mass is 119 g/mol. The second kappa shape index (κ2) is 2.25. The molecule has 0 atom stereocenters. The molecule has 0 aromatic heterocycles. The van der Waals surface area contributed by atoms with Gasteiger partial charge >= 0.3 is 0 Å². The zero-order chi connectivity index (χ0) is 5.86. The van der Waals surface area contributed by atoms with E-state index in [4.69, 9.17) is 5.26 Å². The lowest BCUT2D eigenvalue weighted by Crippen LogP contribution is -2.12. The molecule has 0 spiro atoms. The molecule has 7 heavy (non-hydrogen) atoms. The summed E-state index contributed by atoms with van der Waals surface area (Å²) in [7, 11) is 0. The third kappa shape index (κ3) is 1.83. The average molecular weight is 119 g/mol. The predicted molar refractivity (Wildman–Crippen MR) is 23.4 cm³/mol. The summed E-state index contributed by atoms with van der Waals surface area (Å²) in [6.45, 7) is 0. The van der Waals surface area contributed by atoms with Gasteiger partial charge in [0.2, 0.25) is 0 Å². The maximum absolute atomic E-state index is 9.36. The number of hydrogen-bond acceptors (Lipinski definition) is 4. The minimum absolute atomic E-state index is 0.0139. The van der Waals surface area contributed by atoms with Crippen molar-refractivity contribution in [2.24, 2.45) is 0 Å². The van der Waals surface area contributed by atoms with Crippen LogP contribution in [0.4, 0.5) is 0 Å². The van der Waals surface area contributed by atoms with E-state index in [2.05, 4.69) is 12.8 Å². The molecule has 0 aromatic carbocycles. The van der Waals surface area contributed by atoms with Crippen LogP contribution in [0.2, 0.25) is 0 Å².